The lowest BCUT2D eigenvalue weighted by Gasteiger charge is -2.38. The minimum atomic E-state index is -4.86. The van der Waals surface area contributed by atoms with Gasteiger partial charge >= 0.3 is 12.3 Å². The van der Waals surface area contributed by atoms with Crippen molar-refractivity contribution in [3.05, 3.63) is 60.2 Å². The van der Waals surface area contributed by atoms with Gasteiger partial charge in [0.1, 0.15) is 23.9 Å². The monoisotopic (exact) mass is 611 g/mol. The number of piperazine rings is 1. The third-order valence-corrected chi connectivity index (χ3v) is 7.33. The second-order valence-electron chi connectivity index (χ2n) is 9.90. The quantitative estimate of drug-likeness (QED) is 0.296. The molecule has 1 aliphatic rings. The van der Waals surface area contributed by atoms with Crippen molar-refractivity contribution < 1.29 is 41.9 Å². The zero-order chi connectivity index (χ0) is 31.2. The Bertz CT molecular complexity index is 1890. The van der Waals surface area contributed by atoms with E-state index >= 15 is 0 Å². The number of para-hydroxylation sites is 1. The number of methoxy groups -OCH3 is 2. The van der Waals surface area contributed by atoms with Gasteiger partial charge in [-0.15, -0.1) is 0 Å². The first-order valence-electron chi connectivity index (χ1n) is 13.2. The number of hydrogen-bond donors (Lipinski definition) is 1. The minimum Gasteiger partial charge on any atom is -0.497 e. The Morgan fingerprint density at radius 1 is 1.02 bits per heavy atom. The summed E-state index contributed by atoms with van der Waals surface area (Å²) in [6.07, 6.45) is -6.10. The molecular weight excluding hydrogens is 587 g/mol. The molecule has 1 saturated heterocycles. The predicted octanol–water partition coefficient (Wildman–Crippen LogP) is 4.23. The van der Waals surface area contributed by atoms with E-state index < -0.39 is 36.6 Å². The fourth-order valence-electron chi connectivity index (χ4n) is 5.19. The van der Waals surface area contributed by atoms with E-state index in [1.807, 2.05) is 18.2 Å². The fraction of sp³-hybridized carbons (Fsp3) is 0.286. The summed E-state index contributed by atoms with van der Waals surface area (Å²) in [6.45, 7) is -1.18. The normalized spacial score (nSPS) is 15.6. The van der Waals surface area contributed by atoms with Crippen LogP contribution in [0.3, 0.4) is 0 Å². The number of aromatic nitrogens is 5. The summed E-state index contributed by atoms with van der Waals surface area (Å²) in [4.78, 5) is 40.5. The summed E-state index contributed by atoms with van der Waals surface area (Å²) in [6, 6.07) is 12.2. The van der Waals surface area contributed by atoms with Crippen LogP contribution in [-0.2, 0) is 17.5 Å². The average Bonchev–Trinajstić information content (AvgIpc) is 3.65. The van der Waals surface area contributed by atoms with E-state index in [1.54, 1.807) is 12.1 Å². The molecule has 1 aliphatic heterocycles. The molecular formula is C28H24F3N7O6. The van der Waals surface area contributed by atoms with Crippen LogP contribution < -0.4 is 9.47 Å². The fourth-order valence-corrected chi connectivity index (χ4v) is 5.19. The molecule has 1 N–H and O–H groups in total. The minimum absolute atomic E-state index is 0.00186. The molecule has 6 rings (SSSR count). The average molecular weight is 612 g/mol. The number of amides is 2. The van der Waals surface area contributed by atoms with E-state index in [9.17, 15) is 27.9 Å². The number of fused-ring (bicyclic) bond motifs is 2. The van der Waals surface area contributed by atoms with Crippen LogP contribution in [0.25, 0.3) is 33.4 Å². The number of carbonyl (C=O) groups excluding carboxylic acids is 1. The molecule has 3 aromatic heterocycles. The van der Waals surface area contributed by atoms with Crippen molar-refractivity contribution in [3.8, 4) is 23.1 Å². The van der Waals surface area contributed by atoms with Crippen LogP contribution in [-0.4, -0.2) is 85.4 Å². The van der Waals surface area contributed by atoms with Gasteiger partial charge in [0.2, 0.25) is 17.6 Å². The first kappa shape index (κ1) is 28.7. The standard InChI is InChI=1S/C28H24F3N7O6/c1-42-16-7-8-19-20(12-16)38(26(33-19)28(29,30)31)14-22(39)37-10-9-36(27(40)41)13-21(37)23-34-25(44-35-23)17-11-15-5-3-4-6-18(15)32-24(17)43-2/h3-8,11-12,21H,9-10,13-14H2,1-2H3,(H,40,41). The van der Waals surface area contributed by atoms with Gasteiger partial charge in [-0.25, -0.2) is 14.8 Å². The van der Waals surface area contributed by atoms with Crippen molar-refractivity contribution >= 4 is 33.9 Å². The number of ether oxygens (including phenoxy) is 2. The number of imidazole rings is 1. The van der Waals surface area contributed by atoms with Crippen LogP contribution >= 0.6 is 0 Å². The molecule has 2 aromatic carbocycles. The molecule has 0 radical (unpaired) electrons. The van der Waals surface area contributed by atoms with Gasteiger partial charge in [-0.3, -0.25) is 4.79 Å². The molecule has 2 amide bonds. The molecule has 44 heavy (non-hydrogen) atoms. The third kappa shape index (κ3) is 5.18. The number of carboxylic acid groups (broad SMARTS) is 1. The van der Waals surface area contributed by atoms with Gasteiger partial charge in [0.05, 0.1) is 37.3 Å². The number of halogens is 3. The van der Waals surface area contributed by atoms with Crippen LogP contribution in [0.2, 0.25) is 0 Å². The van der Waals surface area contributed by atoms with Gasteiger partial charge in [-0.1, -0.05) is 23.4 Å². The number of alkyl halides is 3. The number of carbonyl (C=O) groups is 2. The topological polar surface area (TPSA) is 149 Å². The number of benzene rings is 2. The lowest BCUT2D eigenvalue weighted by atomic mass is 10.1. The SMILES string of the molecule is COc1ccc2nc(C(F)(F)F)n(CC(=O)N3CCN(C(=O)O)CC3c3noc(-c4cc5ccccc5nc4OC)n3)c2c1. The molecule has 1 fully saturated rings. The molecule has 228 valence electrons. The van der Waals surface area contributed by atoms with E-state index in [0.717, 1.165) is 14.9 Å². The maximum Gasteiger partial charge on any atom is 0.449 e. The van der Waals surface area contributed by atoms with E-state index in [-0.39, 0.29) is 54.0 Å². The molecule has 5 aromatic rings. The van der Waals surface area contributed by atoms with Gasteiger partial charge in [0, 0.05) is 24.5 Å². The van der Waals surface area contributed by atoms with Crippen LogP contribution in [0.5, 0.6) is 11.6 Å². The first-order valence-corrected chi connectivity index (χ1v) is 13.2. The Morgan fingerprint density at radius 2 is 1.82 bits per heavy atom. The predicted molar refractivity (Wildman–Crippen MR) is 147 cm³/mol. The van der Waals surface area contributed by atoms with Crippen molar-refractivity contribution in [3.63, 3.8) is 0 Å². The van der Waals surface area contributed by atoms with Gasteiger partial charge in [0.15, 0.2) is 5.82 Å². The lowest BCUT2D eigenvalue weighted by molar-refractivity contribution is -0.148. The smallest absolute Gasteiger partial charge is 0.449 e. The molecule has 1 atom stereocenters. The first-order chi connectivity index (χ1) is 21.1. The maximum atomic E-state index is 14.0. The number of hydrogen-bond acceptors (Lipinski definition) is 9. The van der Waals surface area contributed by atoms with Crippen LogP contribution in [0.1, 0.15) is 17.7 Å². The number of nitrogens with zero attached hydrogens (tertiary/aromatic N) is 7. The van der Waals surface area contributed by atoms with Crippen molar-refractivity contribution in [1.29, 1.82) is 0 Å². The molecule has 13 nitrogen and oxygen atoms in total. The Kier molecular flexibility index (Phi) is 7.18. The van der Waals surface area contributed by atoms with E-state index in [1.165, 1.54) is 37.3 Å². The van der Waals surface area contributed by atoms with Crippen molar-refractivity contribution in [2.75, 3.05) is 33.9 Å². The molecule has 0 aliphatic carbocycles. The number of rotatable bonds is 6. The second kappa shape index (κ2) is 11.0. The van der Waals surface area contributed by atoms with Crippen LogP contribution in [0, 0.1) is 0 Å². The van der Waals surface area contributed by atoms with Gasteiger partial charge < -0.3 is 33.5 Å². The third-order valence-electron chi connectivity index (χ3n) is 7.33. The molecule has 16 heteroatoms. The zero-order valence-electron chi connectivity index (χ0n) is 23.3. The van der Waals surface area contributed by atoms with E-state index in [4.69, 9.17) is 14.0 Å². The summed E-state index contributed by atoms with van der Waals surface area (Å²) in [5, 5.41) is 14.5. The molecule has 0 spiro atoms. The Labute approximate surface area is 246 Å². The molecule has 0 bridgehead atoms. The Hall–Kier alpha value is -5.41. The van der Waals surface area contributed by atoms with E-state index in [0.29, 0.717) is 11.1 Å². The van der Waals surface area contributed by atoms with Gasteiger partial charge in [0.25, 0.3) is 5.89 Å². The summed E-state index contributed by atoms with van der Waals surface area (Å²) >= 11 is 0. The van der Waals surface area contributed by atoms with E-state index in [2.05, 4.69) is 20.1 Å². The maximum absolute atomic E-state index is 14.0. The summed E-state index contributed by atoms with van der Waals surface area (Å²) in [5.41, 5.74) is 1.10. The summed E-state index contributed by atoms with van der Waals surface area (Å²) < 4.78 is 58.9. The van der Waals surface area contributed by atoms with Crippen molar-refractivity contribution in [2.24, 2.45) is 0 Å². The van der Waals surface area contributed by atoms with Gasteiger partial charge in [-0.05, 0) is 24.3 Å². The Morgan fingerprint density at radius 3 is 2.55 bits per heavy atom. The van der Waals surface area contributed by atoms with Crippen LogP contribution in [0.4, 0.5) is 18.0 Å². The molecule has 1 unspecified atom stereocenters. The highest BCUT2D eigenvalue weighted by Gasteiger charge is 2.41. The zero-order valence-corrected chi connectivity index (χ0v) is 23.3. The molecule has 0 saturated carbocycles. The van der Waals surface area contributed by atoms with Gasteiger partial charge in [-0.2, -0.15) is 18.2 Å². The van der Waals surface area contributed by atoms with Crippen LogP contribution in [0.15, 0.2) is 53.1 Å². The summed E-state index contributed by atoms with van der Waals surface area (Å²) in [7, 11) is 2.79. The lowest BCUT2D eigenvalue weighted by Crippen LogP contribution is -2.53. The van der Waals surface area contributed by atoms with Crippen molar-refractivity contribution in [1.82, 2.24) is 34.5 Å². The molecule has 4 heterocycles. The number of pyridine rings is 1. The second-order valence-corrected chi connectivity index (χ2v) is 9.90. The Balaban J connectivity index is 1.37. The highest BCUT2D eigenvalue weighted by molar-refractivity contribution is 5.85. The highest BCUT2D eigenvalue weighted by Crippen LogP contribution is 2.35. The highest BCUT2D eigenvalue weighted by atomic mass is 19.4. The largest absolute Gasteiger partial charge is 0.497 e. The summed E-state index contributed by atoms with van der Waals surface area (Å²) in [5.74, 6) is -1.54. The van der Waals surface area contributed by atoms with Crippen molar-refractivity contribution in [2.45, 2.75) is 18.8 Å².